The molecule has 20 heavy (non-hydrogen) atoms. The second kappa shape index (κ2) is 5.55. The highest BCUT2D eigenvalue weighted by molar-refractivity contribution is 14.1. The number of thiophene rings is 1. The molecule has 2 N–H and O–H groups in total. The Morgan fingerprint density at radius 2 is 1.95 bits per heavy atom. The largest absolute Gasteiger partial charge is 0.367 e. The fourth-order valence-electron chi connectivity index (χ4n) is 1.86. The number of nitrogens with zero attached hydrogens (tertiary/aromatic N) is 1. The van der Waals surface area contributed by atoms with Crippen molar-refractivity contribution in [3.05, 3.63) is 42.6 Å². The lowest BCUT2D eigenvalue weighted by molar-refractivity contribution is 0.439. The predicted molar refractivity (Wildman–Crippen MR) is 92.4 cm³/mol. The summed E-state index contributed by atoms with van der Waals surface area (Å²) in [7, 11) is 0. The molecule has 0 fully saturated rings. The molecule has 3 rings (SSSR count). The maximum Gasteiger partial charge on any atom is 0.230 e. The molecule has 2 heterocycles. The van der Waals surface area contributed by atoms with E-state index in [4.69, 9.17) is 33.5 Å². The van der Waals surface area contributed by atoms with Gasteiger partial charge in [0.2, 0.25) is 5.88 Å². The molecular formula is C13H7Cl2IN2OS. The van der Waals surface area contributed by atoms with Gasteiger partial charge in [-0.2, -0.15) is 0 Å². The number of benzene rings is 1. The highest BCUT2D eigenvalue weighted by Gasteiger charge is 2.19. The van der Waals surface area contributed by atoms with Crippen LogP contribution < -0.4 is 5.73 Å². The van der Waals surface area contributed by atoms with E-state index in [0.717, 1.165) is 16.7 Å². The molecule has 0 amide bonds. The predicted octanol–water partition coefficient (Wildman–Crippen LogP) is 5.56. The van der Waals surface area contributed by atoms with Crippen molar-refractivity contribution in [2.45, 2.75) is 0 Å². The molecule has 2 aromatic heterocycles. The molecule has 0 unspecified atom stereocenters. The minimum absolute atomic E-state index is 0.264. The number of aromatic nitrogens is 1. The van der Waals surface area contributed by atoms with E-state index in [1.165, 1.54) is 2.88 Å². The van der Waals surface area contributed by atoms with E-state index in [1.807, 2.05) is 17.5 Å². The average molecular weight is 437 g/mol. The zero-order valence-electron chi connectivity index (χ0n) is 9.86. The third-order valence-electron chi connectivity index (χ3n) is 2.77. The van der Waals surface area contributed by atoms with Crippen molar-refractivity contribution in [3.63, 3.8) is 0 Å². The molecule has 1 aromatic carbocycles. The van der Waals surface area contributed by atoms with Gasteiger partial charge < -0.3 is 10.3 Å². The van der Waals surface area contributed by atoms with Crippen LogP contribution in [0, 0.1) is 2.88 Å². The van der Waals surface area contributed by atoms with E-state index in [2.05, 4.69) is 27.7 Å². The number of nitrogen functional groups attached to an aromatic ring is 1. The van der Waals surface area contributed by atoms with Crippen LogP contribution in [0.1, 0.15) is 0 Å². The van der Waals surface area contributed by atoms with Crippen molar-refractivity contribution in [2.75, 3.05) is 5.73 Å². The van der Waals surface area contributed by atoms with Crippen LogP contribution >= 0.6 is 57.1 Å². The van der Waals surface area contributed by atoms with Crippen molar-refractivity contribution in [2.24, 2.45) is 0 Å². The number of anilines is 1. The lowest BCUT2D eigenvalue weighted by atomic mass is 10.0. The van der Waals surface area contributed by atoms with Gasteiger partial charge in [0.05, 0.1) is 18.5 Å². The van der Waals surface area contributed by atoms with Crippen LogP contribution in [0.2, 0.25) is 10.0 Å². The first-order valence-electron chi connectivity index (χ1n) is 5.51. The number of hydrogen-bond donors (Lipinski definition) is 1. The molecule has 3 aromatic rings. The van der Waals surface area contributed by atoms with E-state index < -0.39 is 0 Å². The Kier molecular flexibility index (Phi) is 3.94. The highest BCUT2D eigenvalue weighted by Crippen LogP contribution is 2.39. The Hall–Kier alpha value is -0.760. The van der Waals surface area contributed by atoms with Crippen LogP contribution in [0.25, 0.3) is 22.4 Å². The van der Waals surface area contributed by atoms with Gasteiger partial charge in [0, 0.05) is 10.9 Å². The Balaban J connectivity index is 2.18. The molecule has 0 aliphatic rings. The molecule has 0 atom stereocenters. The van der Waals surface area contributed by atoms with Gasteiger partial charge in [-0.1, -0.05) is 34.4 Å². The first-order chi connectivity index (χ1) is 9.56. The third-order valence-corrected chi connectivity index (χ3v) is 5.30. The smallest absolute Gasteiger partial charge is 0.230 e. The SMILES string of the molecule is Nc1onc(-c2csc(I)c2)c1-c1ccc(Cl)c(Cl)c1. The van der Waals surface area contributed by atoms with Crippen molar-refractivity contribution < 1.29 is 4.52 Å². The summed E-state index contributed by atoms with van der Waals surface area (Å²) in [5.74, 6) is 0.264. The molecule has 7 heteroatoms. The molecular weight excluding hydrogens is 430 g/mol. The zero-order valence-corrected chi connectivity index (χ0v) is 14.3. The van der Waals surface area contributed by atoms with Crippen LogP contribution in [0.3, 0.4) is 0 Å². The fraction of sp³-hybridized carbons (Fsp3) is 0. The summed E-state index contributed by atoms with van der Waals surface area (Å²) in [5.41, 5.74) is 9.15. The molecule has 0 saturated carbocycles. The summed E-state index contributed by atoms with van der Waals surface area (Å²) in [4.78, 5) is 0. The van der Waals surface area contributed by atoms with E-state index in [-0.39, 0.29) is 5.88 Å². The standard InChI is InChI=1S/C13H7Cl2IN2OS/c14-8-2-1-6(3-9(8)15)11-12(18-19-13(11)17)7-4-10(16)20-5-7/h1-5H,17H2. The first-order valence-corrected chi connectivity index (χ1v) is 8.22. The topological polar surface area (TPSA) is 52.0 Å². The van der Waals surface area contributed by atoms with Gasteiger partial charge in [0.25, 0.3) is 0 Å². The van der Waals surface area contributed by atoms with Gasteiger partial charge >= 0.3 is 0 Å². The summed E-state index contributed by atoms with van der Waals surface area (Å²) >= 11 is 15.9. The second-order valence-electron chi connectivity index (χ2n) is 4.04. The van der Waals surface area contributed by atoms with Gasteiger partial charge in [-0.25, -0.2) is 0 Å². The van der Waals surface area contributed by atoms with Crippen LogP contribution in [0.5, 0.6) is 0 Å². The fourth-order valence-corrected chi connectivity index (χ4v) is 3.49. The normalized spacial score (nSPS) is 10.9. The summed E-state index contributed by atoms with van der Waals surface area (Å²) in [6.07, 6.45) is 0. The Bertz CT molecular complexity index is 785. The molecule has 0 spiro atoms. The number of rotatable bonds is 2. The van der Waals surface area contributed by atoms with Crippen LogP contribution in [0.15, 0.2) is 34.2 Å². The van der Waals surface area contributed by atoms with Gasteiger partial charge in [-0.15, -0.1) is 11.3 Å². The van der Waals surface area contributed by atoms with E-state index in [0.29, 0.717) is 15.7 Å². The Labute approximate surface area is 142 Å². The lowest BCUT2D eigenvalue weighted by Crippen LogP contribution is -1.87. The summed E-state index contributed by atoms with van der Waals surface area (Å²) in [6.45, 7) is 0. The molecule has 0 radical (unpaired) electrons. The maximum absolute atomic E-state index is 6.06. The van der Waals surface area contributed by atoms with E-state index in [1.54, 1.807) is 23.5 Å². The second-order valence-corrected chi connectivity index (χ2v) is 7.66. The van der Waals surface area contributed by atoms with Crippen molar-refractivity contribution >= 4 is 63.0 Å². The molecule has 3 nitrogen and oxygen atoms in total. The van der Waals surface area contributed by atoms with Gasteiger partial charge in [0.15, 0.2) is 0 Å². The van der Waals surface area contributed by atoms with Gasteiger partial charge in [0.1, 0.15) is 5.69 Å². The summed E-state index contributed by atoms with van der Waals surface area (Å²) < 4.78 is 6.30. The van der Waals surface area contributed by atoms with E-state index in [9.17, 15) is 0 Å². The van der Waals surface area contributed by atoms with Gasteiger partial charge in [-0.05, 0) is 46.4 Å². The minimum Gasteiger partial charge on any atom is -0.367 e. The van der Waals surface area contributed by atoms with Crippen LogP contribution in [0.4, 0.5) is 5.88 Å². The van der Waals surface area contributed by atoms with E-state index >= 15 is 0 Å². The minimum atomic E-state index is 0.264. The zero-order chi connectivity index (χ0) is 14.3. The highest BCUT2D eigenvalue weighted by atomic mass is 127. The van der Waals surface area contributed by atoms with Crippen LogP contribution in [-0.4, -0.2) is 5.16 Å². The first kappa shape index (κ1) is 14.2. The third kappa shape index (κ3) is 2.55. The summed E-state index contributed by atoms with van der Waals surface area (Å²) in [6, 6.07) is 7.36. The average Bonchev–Trinajstić information content (AvgIpc) is 2.99. The van der Waals surface area contributed by atoms with Crippen molar-refractivity contribution in [3.8, 4) is 22.4 Å². The number of nitrogens with two attached hydrogens (primary N) is 1. The number of hydrogen-bond acceptors (Lipinski definition) is 4. The van der Waals surface area contributed by atoms with Crippen molar-refractivity contribution in [1.82, 2.24) is 5.16 Å². The van der Waals surface area contributed by atoms with Gasteiger partial charge in [-0.3, -0.25) is 0 Å². The lowest BCUT2D eigenvalue weighted by Gasteiger charge is -2.03. The number of halogens is 3. The quantitative estimate of drug-likeness (QED) is 0.534. The summed E-state index contributed by atoms with van der Waals surface area (Å²) in [5, 5.41) is 7.03. The monoisotopic (exact) mass is 436 g/mol. The molecule has 0 saturated heterocycles. The molecule has 102 valence electrons. The molecule has 0 bridgehead atoms. The Morgan fingerprint density at radius 1 is 1.15 bits per heavy atom. The van der Waals surface area contributed by atoms with Crippen LogP contribution in [-0.2, 0) is 0 Å². The van der Waals surface area contributed by atoms with Crippen molar-refractivity contribution in [1.29, 1.82) is 0 Å². The Morgan fingerprint density at radius 3 is 2.60 bits per heavy atom. The maximum atomic E-state index is 6.06. The molecule has 0 aliphatic heterocycles. The molecule has 0 aliphatic carbocycles.